The molecule has 1 aromatic heterocycles. The monoisotopic (exact) mass is 336 g/mol. The first kappa shape index (κ1) is 17.5. The summed E-state index contributed by atoms with van der Waals surface area (Å²) >= 11 is 0. The van der Waals surface area contributed by atoms with Crippen LogP contribution in [0, 0.1) is 6.92 Å². The van der Waals surface area contributed by atoms with Crippen molar-refractivity contribution in [1.29, 1.82) is 0 Å². The van der Waals surface area contributed by atoms with E-state index in [1.807, 2.05) is 0 Å². The first-order valence-corrected chi connectivity index (χ1v) is 6.99. The van der Waals surface area contributed by atoms with Gasteiger partial charge in [-0.3, -0.25) is 4.79 Å². The highest BCUT2D eigenvalue weighted by Gasteiger charge is 2.33. The van der Waals surface area contributed by atoms with Crippen molar-refractivity contribution in [3.8, 4) is 0 Å². The van der Waals surface area contributed by atoms with Crippen LogP contribution in [0.5, 0.6) is 0 Å². The van der Waals surface area contributed by atoms with Crippen LogP contribution in [-0.2, 0) is 6.18 Å². The minimum absolute atomic E-state index is 0.0522. The smallest absolute Gasteiger partial charge is 0.347 e. The van der Waals surface area contributed by atoms with Crippen molar-refractivity contribution < 1.29 is 18.0 Å². The van der Waals surface area contributed by atoms with E-state index in [0.717, 1.165) is 6.07 Å². The molecule has 0 aliphatic rings. The predicted molar refractivity (Wildman–Crippen MR) is 84.0 cm³/mol. The zero-order valence-electron chi connectivity index (χ0n) is 12.8. The summed E-state index contributed by atoms with van der Waals surface area (Å²) in [5, 5.41) is 5.15. The van der Waals surface area contributed by atoms with E-state index >= 15 is 0 Å². The molecule has 2 aromatic rings. The van der Waals surface area contributed by atoms with Crippen molar-refractivity contribution in [3.05, 3.63) is 60.1 Å². The van der Waals surface area contributed by atoms with E-state index in [2.05, 4.69) is 27.2 Å². The van der Waals surface area contributed by atoms with Crippen molar-refractivity contribution >= 4 is 17.4 Å². The average Bonchev–Trinajstić information content (AvgIpc) is 2.51. The van der Waals surface area contributed by atoms with Gasteiger partial charge < -0.3 is 10.6 Å². The Balaban J connectivity index is 2.33. The molecule has 0 aliphatic carbocycles. The summed E-state index contributed by atoms with van der Waals surface area (Å²) < 4.78 is 39.1. The molecule has 8 heteroatoms. The maximum atomic E-state index is 13.0. The van der Waals surface area contributed by atoms with Crippen LogP contribution in [-0.4, -0.2) is 22.4 Å². The molecule has 0 unspecified atom stereocenters. The fourth-order valence-electron chi connectivity index (χ4n) is 1.98. The van der Waals surface area contributed by atoms with Gasteiger partial charge in [0.05, 0.1) is 11.3 Å². The molecule has 24 heavy (non-hydrogen) atoms. The van der Waals surface area contributed by atoms with Crippen LogP contribution in [0.1, 0.15) is 21.9 Å². The van der Waals surface area contributed by atoms with Gasteiger partial charge in [-0.25, -0.2) is 9.97 Å². The molecular formula is C16H15F3N4O. The highest BCUT2D eigenvalue weighted by Crippen LogP contribution is 2.35. The topological polar surface area (TPSA) is 66.9 Å². The zero-order chi connectivity index (χ0) is 17.7. The molecule has 0 bridgehead atoms. The quantitative estimate of drug-likeness (QED) is 0.821. The molecule has 0 spiro atoms. The fourth-order valence-corrected chi connectivity index (χ4v) is 1.98. The molecule has 0 saturated carbocycles. The minimum atomic E-state index is -4.50. The number of hydrogen-bond acceptors (Lipinski definition) is 4. The second-order valence-corrected chi connectivity index (χ2v) is 4.85. The SMILES string of the molecule is C=CCNC(=O)c1cc(Nc2ccccc2C(F)(F)F)nc(C)n1. The number of para-hydroxylation sites is 1. The summed E-state index contributed by atoms with van der Waals surface area (Å²) in [6.07, 6.45) is -3.00. The largest absolute Gasteiger partial charge is 0.418 e. The summed E-state index contributed by atoms with van der Waals surface area (Å²) in [5.41, 5.74) is -0.921. The van der Waals surface area contributed by atoms with Crippen LogP contribution in [0.15, 0.2) is 43.0 Å². The predicted octanol–water partition coefficient (Wildman–Crippen LogP) is 3.46. The molecule has 5 nitrogen and oxygen atoms in total. The number of rotatable bonds is 5. The summed E-state index contributed by atoms with van der Waals surface area (Å²) in [4.78, 5) is 19.9. The molecule has 126 valence electrons. The van der Waals surface area contributed by atoms with E-state index in [0.29, 0.717) is 0 Å². The number of carbonyl (C=O) groups is 1. The molecule has 0 aliphatic heterocycles. The van der Waals surface area contributed by atoms with Gasteiger partial charge in [-0.15, -0.1) is 6.58 Å². The molecule has 1 heterocycles. The lowest BCUT2D eigenvalue weighted by Gasteiger charge is -2.14. The van der Waals surface area contributed by atoms with Crippen molar-refractivity contribution in [3.63, 3.8) is 0 Å². The molecule has 2 N–H and O–H groups in total. The van der Waals surface area contributed by atoms with Crippen LogP contribution in [0.25, 0.3) is 0 Å². The van der Waals surface area contributed by atoms with E-state index in [9.17, 15) is 18.0 Å². The Kier molecular flexibility index (Phi) is 5.18. The van der Waals surface area contributed by atoms with Gasteiger partial charge in [-0.05, 0) is 19.1 Å². The number of hydrogen-bond donors (Lipinski definition) is 2. The number of benzene rings is 1. The number of alkyl halides is 3. The number of aromatic nitrogens is 2. The van der Waals surface area contributed by atoms with E-state index in [4.69, 9.17) is 0 Å². The van der Waals surface area contributed by atoms with Gasteiger partial charge in [0.1, 0.15) is 17.3 Å². The van der Waals surface area contributed by atoms with Crippen molar-refractivity contribution in [1.82, 2.24) is 15.3 Å². The van der Waals surface area contributed by atoms with Crippen molar-refractivity contribution in [2.24, 2.45) is 0 Å². The van der Waals surface area contributed by atoms with Crippen molar-refractivity contribution in [2.75, 3.05) is 11.9 Å². The van der Waals surface area contributed by atoms with Crippen LogP contribution < -0.4 is 10.6 Å². The van der Waals surface area contributed by atoms with Gasteiger partial charge in [0.2, 0.25) is 0 Å². The van der Waals surface area contributed by atoms with Gasteiger partial charge in [0.15, 0.2) is 0 Å². The summed E-state index contributed by atoms with van der Waals surface area (Å²) in [5.74, 6) is -0.108. The number of carbonyl (C=O) groups excluding carboxylic acids is 1. The molecule has 0 radical (unpaired) electrons. The number of amides is 1. The van der Waals surface area contributed by atoms with Gasteiger partial charge in [-0.2, -0.15) is 13.2 Å². The van der Waals surface area contributed by atoms with E-state index in [1.165, 1.54) is 30.3 Å². The molecule has 0 atom stereocenters. The Labute approximate surface area is 136 Å². The molecule has 0 saturated heterocycles. The zero-order valence-corrected chi connectivity index (χ0v) is 12.8. The second-order valence-electron chi connectivity index (χ2n) is 4.85. The second kappa shape index (κ2) is 7.12. The third-order valence-electron chi connectivity index (χ3n) is 2.97. The van der Waals surface area contributed by atoms with E-state index < -0.39 is 17.6 Å². The van der Waals surface area contributed by atoms with Crippen LogP contribution in [0.3, 0.4) is 0 Å². The highest BCUT2D eigenvalue weighted by molar-refractivity contribution is 5.93. The highest BCUT2D eigenvalue weighted by atomic mass is 19.4. The molecule has 1 amide bonds. The summed E-state index contributed by atoms with van der Waals surface area (Å²) in [7, 11) is 0. The van der Waals surface area contributed by atoms with Crippen LogP contribution in [0.2, 0.25) is 0 Å². The first-order chi connectivity index (χ1) is 11.3. The van der Waals surface area contributed by atoms with Gasteiger partial charge >= 0.3 is 6.18 Å². The standard InChI is InChI=1S/C16H15F3N4O/c1-3-8-20-15(24)13-9-14(22-10(2)21-13)23-12-7-5-4-6-11(12)16(17,18)19/h3-7,9H,1,8H2,2H3,(H,20,24)(H,21,22,23). The Bertz CT molecular complexity index is 759. The lowest BCUT2D eigenvalue weighted by Crippen LogP contribution is -2.24. The Hall–Kier alpha value is -2.90. The molecular weight excluding hydrogens is 321 g/mol. The first-order valence-electron chi connectivity index (χ1n) is 6.99. The van der Waals surface area contributed by atoms with Crippen molar-refractivity contribution in [2.45, 2.75) is 13.1 Å². The number of aryl methyl sites for hydroxylation is 1. The lowest BCUT2D eigenvalue weighted by molar-refractivity contribution is -0.136. The van der Waals surface area contributed by atoms with Crippen LogP contribution >= 0.6 is 0 Å². The van der Waals surface area contributed by atoms with Gasteiger partial charge in [-0.1, -0.05) is 18.2 Å². The number of anilines is 2. The maximum Gasteiger partial charge on any atom is 0.418 e. The van der Waals surface area contributed by atoms with Crippen LogP contribution in [0.4, 0.5) is 24.7 Å². The molecule has 2 rings (SSSR count). The number of nitrogens with zero attached hydrogens (tertiary/aromatic N) is 2. The number of halogens is 3. The lowest BCUT2D eigenvalue weighted by atomic mass is 10.1. The Morgan fingerprint density at radius 3 is 2.67 bits per heavy atom. The normalized spacial score (nSPS) is 11.0. The third kappa shape index (κ3) is 4.31. The average molecular weight is 336 g/mol. The van der Waals surface area contributed by atoms with E-state index in [-0.39, 0.29) is 29.6 Å². The Morgan fingerprint density at radius 1 is 1.29 bits per heavy atom. The minimum Gasteiger partial charge on any atom is -0.347 e. The summed E-state index contributed by atoms with van der Waals surface area (Å²) in [6.45, 7) is 5.28. The maximum absolute atomic E-state index is 13.0. The number of nitrogens with one attached hydrogen (secondary N) is 2. The summed E-state index contributed by atoms with van der Waals surface area (Å²) in [6, 6.07) is 6.32. The third-order valence-corrected chi connectivity index (χ3v) is 2.97. The van der Waals surface area contributed by atoms with E-state index in [1.54, 1.807) is 6.92 Å². The molecule has 0 fully saturated rings. The Morgan fingerprint density at radius 2 is 2.00 bits per heavy atom. The fraction of sp³-hybridized carbons (Fsp3) is 0.188. The molecule has 1 aromatic carbocycles. The van der Waals surface area contributed by atoms with Gasteiger partial charge in [0.25, 0.3) is 5.91 Å². The van der Waals surface area contributed by atoms with Gasteiger partial charge in [0, 0.05) is 12.6 Å².